The summed E-state index contributed by atoms with van der Waals surface area (Å²) in [5.74, 6) is 0. The Bertz CT molecular complexity index is 300. The largest absolute Gasteiger partial charge is 0.328 e. The quantitative estimate of drug-likeness (QED) is 0.352. The molecule has 1 N–H and O–H groups in total. The summed E-state index contributed by atoms with van der Waals surface area (Å²) in [5, 5.41) is 13.6. The molecule has 5 heteroatoms. The Balaban J connectivity index is 0.000000631. The van der Waals surface area contributed by atoms with Gasteiger partial charge in [-0.2, -0.15) is 0 Å². The van der Waals surface area contributed by atoms with E-state index in [9.17, 15) is 0 Å². The van der Waals surface area contributed by atoms with Crippen LogP contribution in [0.15, 0.2) is 30.6 Å². The van der Waals surface area contributed by atoms with Gasteiger partial charge in [0.25, 0.3) is 5.09 Å². The lowest BCUT2D eigenvalue weighted by atomic mass is 10.1. The van der Waals surface area contributed by atoms with Crippen LogP contribution in [0.1, 0.15) is 45.4 Å². The Labute approximate surface area is 108 Å². The highest BCUT2D eigenvalue weighted by atomic mass is 16.9. The molecule has 0 atom stereocenters. The molecule has 0 aromatic carbocycles. The van der Waals surface area contributed by atoms with Gasteiger partial charge in [0.2, 0.25) is 0 Å². The molecule has 18 heavy (non-hydrogen) atoms. The van der Waals surface area contributed by atoms with Crippen LogP contribution in [0.3, 0.4) is 0 Å². The molecule has 0 bridgehead atoms. The molecule has 1 heterocycles. The highest BCUT2D eigenvalue weighted by molar-refractivity contribution is 4.83. The minimum Gasteiger partial charge on any atom is -0.328 e. The predicted octanol–water partition coefficient (Wildman–Crippen LogP) is 2.99. The Hall–Kier alpha value is -1.65. The monoisotopic (exact) mass is 255 g/mol. The molecule has 102 valence electrons. The standard InChI is InChI=1S/C13H22N.HNO3/c1-2-3-4-5-6-8-11-14-12-9-7-10-13-14;2-1(3)4/h7,9-10,12-13H,2-6,8,11H2,1H3;(H,2,3,4)/q+1;. The van der Waals surface area contributed by atoms with Gasteiger partial charge in [-0.25, -0.2) is 4.57 Å². The molecule has 0 aliphatic rings. The van der Waals surface area contributed by atoms with Crippen molar-refractivity contribution in [3.63, 3.8) is 0 Å². The van der Waals surface area contributed by atoms with Gasteiger partial charge in [-0.15, -0.1) is 10.1 Å². The number of aromatic nitrogens is 1. The molecule has 1 rings (SSSR count). The molecule has 0 radical (unpaired) electrons. The van der Waals surface area contributed by atoms with Gasteiger partial charge in [-0.1, -0.05) is 38.7 Å². The van der Waals surface area contributed by atoms with E-state index in [4.69, 9.17) is 15.3 Å². The SMILES string of the molecule is CCCCCCCC[n+]1ccccc1.O=[N+]([O-])O. The lowest BCUT2D eigenvalue weighted by Crippen LogP contribution is -2.32. The highest BCUT2D eigenvalue weighted by Gasteiger charge is 1.96. The number of hydrogen-bond donors (Lipinski definition) is 1. The smallest absolute Gasteiger partial charge is 0.291 e. The molecule has 1 aromatic rings. The summed E-state index contributed by atoms with van der Waals surface area (Å²) >= 11 is 0. The van der Waals surface area contributed by atoms with Crippen molar-refractivity contribution in [2.24, 2.45) is 0 Å². The van der Waals surface area contributed by atoms with E-state index in [2.05, 4.69) is 42.1 Å². The fourth-order valence-electron chi connectivity index (χ4n) is 1.66. The summed E-state index contributed by atoms with van der Waals surface area (Å²) in [6.07, 6.45) is 12.5. The van der Waals surface area contributed by atoms with Gasteiger partial charge in [0.1, 0.15) is 6.54 Å². The van der Waals surface area contributed by atoms with Gasteiger partial charge in [0, 0.05) is 18.6 Å². The van der Waals surface area contributed by atoms with Gasteiger partial charge in [0.15, 0.2) is 12.4 Å². The van der Waals surface area contributed by atoms with Gasteiger partial charge in [0.05, 0.1) is 0 Å². The van der Waals surface area contributed by atoms with Crippen molar-refractivity contribution in [2.75, 3.05) is 0 Å². The lowest BCUT2D eigenvalue weighted by molar-refractivity contribution is -0.742. The Kier molecular flexibility index (Phi) is 10.7. The minimum absolute atomic E-state index is 1.17. The summed E-state index contributed by atoms with van der Waals surface area (Å²) in [4.78, 5) is 8.36. The van der Waals surface area contributed by atoms with E-state index < -0.39 is 5.09 Å². The first-order chi connectivity index (χ1) is 8.66. The van der Waals surface area contributed by atoms with Crippen LogP contribution < -0.4 is 4.57 Å². The van der Waals surface area contributed by atoms with Crippen LogP contribution in [0.25, 0.3) is 0 Å². The highest BCUT2D eigenvalue weighted by Crippen LogP contribution is 2.04. The summed E-state index contributed by atoms with van der Waals surface area (Å²) < 4.78 is 2.26. The van der Waals surface area contributed by atoms with Crippen LogP contribution in [-0.4, -0.2) is 10.3 Å². The van der Waals surface area contributed by atoms with Crippen LogP contribution in [-0.2, 0) is 6.54 Å². The number of unbranched alkanes of at least 4 members (excludes halogenated alkanes) is 5. The summed E-state index contributed by atoms with van der Waals surface area (Å²) in [6.45, 7) is 3.44. The van der Waals surface area contributed by atoms with E-state index in [1.165, 1.54) is 45.1 Å². The van der Waals surface area contributed by atoms with Crippen molar-refractivity contribution < 1.29 is 14.9 Å². The summed E-state index contributed by atoms with van der Waals surface area (Å²) in [7, 11) is 0. The van der Waals surface area contributed by atoms with E-state index >= 15 is 0 Å². The molecular formula is C13H23N2O3+. The van der Waals surface area contributed by atoms with Gasteiger partial charge < -0.3 is 5.21 Å². The first-order valence-corrected chi connectivity index (χ1v) is 6.44. The fourth-order valence-corrected chi connectivity index (χ4v) is 1.66. The fraction of sp³-hybridized carbons (Fsp3) is 0.615. The predicted molar refractivity (Wildman–Crippen MR) is 68.8 cm³/mol. The van der Waals surface area contributed by atoms with E-state index in [0.717, 1.165) is 0 Å². The van der Waals surface area contributed by atoms with Crippen LogP contribution >= 0.6 is 0 Å². The normalized spacial score (nSPS) is 9.39. The minimum atomic E-state index is -1.50. The number of pyridine rings is 1. The number of aryl methyl sites for hydroxylation is 1. The van der Waals surface area contributed by atoms with Crippen molar-refractivity contribution in [2.45, 2.75) is 52.0 Å². The van der Waals surface area contributed by atoms with Crippen molar-refractivity contribution >= 4 is 0 Å². The van der Waals surface area contributed by atoms with E-state index in [1.807, 2.05) is 0 Å². The topological polar surface area (TPSA) is 67.2 Å². The Morgan fingerprint density at radius 3 is 2.11 bits per heavy atom. The molecule has 0 unspecified atom stereocenters. The first kappa shape index (κ1) is 16.4. The average molecular weight is 255 g/mol. The molecule has 0 saturated heterocycles. The summed E-state index contributed by atoms with van der Waals surface area (Å²) in [6, 6.07) is 6.26. The molecule has 1 aromatic heterocycles. The van der Waals surface area contributed by atoms with Crippen molar-refractivity contribution in [1.29, 1.82) is 0 Å². The zero-order valence-corrected chi connectivity index (χ0v) is 11.0. The average Bonchev–Trinajstić information content (AvgIpc) is 2.34. The van der Waals surface area contributed by atoms with Crippen molar-refractivity contribution in [1.82, 2.24) is 0 Å². The van der Waals surface area contributed by atoms with Crippen molar-refractivity contribution in [3.8, 4) is 0 Å². The molecule has 0 aliphatic heterocycles. The van der Waals surface area contributed by atoms with Crippen LogP contribution in [0.5, 0.6) is 0 Å². The maximum atomic E-state index is 8.36. The number of nitrogens with zero attached hydrogens (tertiary/aromatic N) is 2. The first-order valence-electron chi connectivity index (χ1n) is 6.44. The molecule has 0 saturated carbocycles. The van der Waals surface area contributed by atoms with E-state index in [1.54, 1.807) is 0 Å². The van der Waals surface area contributed by atoms with Gasteiger partial charge in [-0.3, -0.25) is 0 Å². The number of rotatable bonds is 7. The second-order valence-corrected chi connectivity index (χ2v) is 4.12. The molecular weight excluding hydrogens is 232 g/mol. The Morgan fingerprint density at radius 1 is 1.06 bits per heavy atom. The molecule has 0 fully saturated rings. The molecule has 0 amide bonds. The number of hydrogen-bond acceptors (Lipinski definition) is 2. The maximum absolute atomic E-state index is 8.36. The zero-order chi connectivity index (χ0) is 13.6. The van der Waals surface area contributed by atoms with Crippen molar-refractivity contribution in [3.05, 3.63) is 40.7 Å². The second-order valence-electron chi connectivity index (χ2n) is 4.12. The van der Waals surface area contributed by atoms with E-state index in [-0.39, 0.29) is 0 Å². The van der Waals surface area contributed by atoms with Gasteiger partial charge in [-0.05, 0) is 6.42 Å². The summed E-state index contributed by atoms with van der Waals surface area (Å²) in [5.41, 5.74) is 0. The van der Waals surface area contributed by atoms with Crippen LogP contribution in [0.2, 0.25) is 0 Å². The maximum Gasteiger partial charge on any atom is 0.291 e. The van der Waals surface area contributed by atoms with E-state index in [0.29, 0.717) is 0 Å². The molecule has 5 nitrogen and oxygen atoms in total. The third-order valence-electron chi connectivity index (χ3n) is 2.55. The zero-order valence-electron chi connectivity index (χ0n) is 11.0. The third-order valence-corrected chi connectivity index (χ3v) is 2.55. The van der Waals surface area contributed by atoms with Crippen LogP contribution in [0, 0.1) is 10.1 Å². The molecule has 0 aliphatic carbocycles. The lowest BCUT2D eigenvalue weighted by Gasteiger charge is -1.98. The van der Waals surface area contributed by atoms with Crippen LogP contribution in [0.4, 0.5) is 0 Å². The Morgan fingerprint density at radius 2 is 1.56 bits per heavy atom. The second kappa shape index (κ2) is 11.8. The molecule has 0 spiro atoms. The van der Waals surface area contributed by atoms with Gasteiger partial charge >= 0.3 is 0 Å². The third kappa shape index (κ3) is 12.4.